The van der Waals surface area contributed by atoms with Crippen LogP contribution in [-0.4, -0.2) is 23.3 Å². The number of aromatic hydroxyl groups is 1. The van der Waals surface area contributed by atoms with E-state index in [0.29, 0.717) is 11.1 Å². The second-order valence-electron chi connectivity index (χ2n) is 3.48. The van der Waals surface area contributed by atoms with Crippen molar-refractivity contribution in [1.29, 1.82) is 0 Å². The maximum atomic E-state index is 11.0. The highest BCUT2D eigenvalue weighted by molar-refractivity contribution is 5.94. The molecule has 0 aliphatic carbocycles. The van der Waals surface area contributed by atoms with Gasteiger partial charge in [0.2, 0.25) is 5.75 Å². The number of hydrogen-bond acceptors (Lipinski definition) is 4. The summed E-state index contributed by atoms with van der Waals surface area (Å²) in [4.78, 5) is 20.3. The Hall–Kier alpha value is -1.75. The third-order valence-corrected chi connectivity index (χ3v) is 2.67. The minimum Gasteiger partial charge on any atom is -0.504 e. The summed E-state index contributed by atoms with van der Waals surface area (Å²) in [6, 6.07) is 0. The second kappa shape index (κ2) is 4.40. The predicted molar refractivity (Wildman–Crippen MR) is 56.9 cm³/mol. The SMILES string of the molecule is COOc1c(C)c(C)c(C)c(C(=O)O)c1O. The summed E-state index contributed by atoms with van der Waals surface area (Å²) in [6.45, 7) is 5.13. The molecule has 0 unspecified atom stereocenters. The Morgan fingerprint density at radius 2 is 1.69 bits per heavy atom. The van der Waals surface area contributed by atoms with E-state index < -0.39 is 11.7 Å². The Labute approximate surface area is 93.2 Å². The Morgan fingerprint density at radius 3 is 2.12 bits per heavy atom. The van der Waals surface area contributed by atoms with E-state index in [-0.39, 0.29) is 11.3 Å². The first-order valence-electron chi connectivity index (χ1n) is 4.68. The number of rotatable bonds is 3. The monoisotopic (exact) mass is 226 g/mol. The molecule has 0 aliphatic heterocycles. The average molecular weight is 226 g/mol. The lowest BCUT2D eigenvalue weighted by molar-refractivity contribution is -0.179. The van der Waals surface area contributed by atoms with Gasteiger partial charge < -0.3 is 15.1 Å². The van der Waals surface area contributed by atoms with Crippen LogP contribution in [0.25, 0.3) is 0 Å². The molecular formula is C11H14O5. The van der Waals surface area contributed by atoms with Crippen molar-refractivity contribution in [2.24, 2.45) is 0 Å². The van der Waals surface area contributed by atoms with Crippen LogP contribution >= 0.6 is 0 Å². The molecule has 0 heterocycles. The fourth-order valence-corrected chi connectivity index (χ4v) is 1.55. The van der Waals surface area contributed by atoms with Gasteiger partial charge in [0.25, 0.3) is 0 Å². The van der Waals surface area contributed by atoms with E-state index in [1.165, 1.54) is 7.11 Å². The lowest BCUT2D eigenvalue weighted by Gasteiger charge is -2.15. The normalized spacial score (nSPS) is 10.2. The van der Waals surface area contributed by atoms with Gasteiger partial charge in [0.05, 0.1) is 7.11 Å². The molecule has 5 nitrogen and oxygen atoms in total. The van der Waals surface area contributed by atoms with Gasteiger partial charge in [-0.2, -0.15) is 4.89 Å². The van der Waals surface area contributed by atoms with E-state index in [4.69, 9.17) is 9.99 Å². The molecule has 16 heavy (non-hydrogen) atoms. The van der Waals surface area contributed by atoms with Crippen LogP contribution in [0.5, 0.6) is 11.5 Å². The van der Waals surface area contributed by atoms with E-state index in [9.17, 15) is 9.90 Å². The van der Waals surface area contributed by atoms with Crippen molar-refractivity contribution in [2.45, 2.75) is 20.8 Å². The topological polar surface area (TPSA) is 76.0 Å². The van der Waals surface area contributed by atoms with Crippen molar-refractivity contribution < 1.29 is 24.8 Å². The van der Waals surface area contributed by atoms with E-state index in [1.54, 1.807) is 20.8 Å². The van der Waals surface area contributed by atoms with E-state index in [1.807, 2.05) is 0 Å². The zero-order valence-electron chi connectivity index (χ0n) is 9.62. The Morgan fingerprint density at radius 1 is 1.12 bits per heavy atom. The molecule has 0 spiro atoms. The summed E-state index contributed by atoms with van der Waals surface area (Å²) < 4.78 is 0. The highest BCUT2D eigenvalue weighted by Crippen LogP contribution is 2.38. The standard InChI is InChI=1S/C11H14O5/c1-5-6(2)8(11(13)14)9(12)10(7(5)3)16-15-4/h12H,1-4H3,(H,13,14). The molecule has 0 saturated carbocycles. The zero-order chi connectivity index (χ0) is 12.5. The molecule has 0 fully saturated rings. The Balaban J connectivity index is 3.58. The molecule has 0 amide bonds. The molecule has 0 radical (unpaired) electrons. The summed E-state index contributed by atoms with van der Waals surface area (Å²) >= 11 is 0. The number of carboxylic acid groups (broad SMARTS) is 1. The van der Waals surface area contributed by atoms with Crippen LogP contribution in [0, 0.1) is 20.8 Å². The van der Waals surface area contributed by atoms with Crippen molar-refractivity contribution in [3.8, 4) is 11.5 Å². The van der Waals surface area contributed by atoms with E-state index in [0.717, 1.165) is 5.56 Å². The van der Waals surface area contributed by atoms with E-state index >= 15 is 0 Å². The fraction of sp³-hybridized carbons (Fsp3) is 0.364. The van der Waals surface area contributed by atoms with Crippen molar-refractivity contribution in [3.63, 3.8) is 0 Å². The number of carbonyl (C=O) groups is 1. The van der Waals surface area contributed by atoms with Gasteiger partial charge >= 0.3 is 5.97 Å². The quantitative estimate of drug-likeness (QED) is 0.608. The second-order valence-corrected chi connectivity index (χ2v) is 3.48. The van der Waals surface area contributed by atoms with Gasteiger partial charge in [0, 0.05) is 5.56 Å². The van der Waals surface area contributed by atoms with Crippen LogP contribution in [0.4, 0.5) is 0 Å². The number of hydrogen-bond donors (Lipinski definition) is 2. The highest BCUT2D eigenvalue weighted by Gasteiger charge is 2.23. The minimum absolute atomic E-state index is 0.0444. The Bertz CT molecular complexity index is 437. The van der Waals surface area contributed by atoms with Crippen LogP contribution in [0.3, 0.4) is 0 Å². The molecule has 0 aliphatic rings. The number of benzene rings is 1. The summed E-state index contributed by atoms with van der Waals surface area (Å²) in [7, 11) is 1.29. The van der Waals surface area contributed by atoms with Gasteiger partial charge in [-0.05, 0) is 31.9 Å². The van der Waals surface area contributed by atoms with Crippen LogP contribution in [0.1, 0.15) is 27.0 Å². The minimum atomic E-state index is -1.20. The van der Waals surface area contributed by atoms with Crippen molar-refractivity contribution in [1.82, 2.24) is 0 Å². The lowest BCUT2D eigenvalue weighted by Crippen LogP contribution is -2.06. The van der Waals surface area contributed by atoms with Crippen molar-refractivity contribution in [2.75, 3.05) is 7.11 Å². The van der Waals surface area contributed by atoms with Gasteiger partial charge in [-0.25, -0.2) is 4.79 Å². The Kier molecular flexibility index (Phi) is 3.39. The van der Waals surface area contributed by atoms with Gasteiger partial charge in [0.15, 0.2) is 5.75 Å². The summed E-state index contributed by atoms with van der Waals surface area (Å²) in [6.07, 6.45) is 0. The molecule has 5 heteroatoms. The molecule has 2 N–H and O–H groups in total. The van der Waals surface area contributed by atoms with Crippen LogP contribution in [0.15, 0.2) is 0 Å². The van der Waals surface area contributed by atoms with Gasteiger partial charge in [-0.1, -0.05) is 0 Å². The molecule has 88 valence electrons. The van der Waals surface area contributed by atoms with Gasteiger partial charge in [0.1, 0.15) is 5.56 Å². The molecule has 1 aromatic rings. The third kappa shape index (κ3) is 1.81. The van der Waals surface area contributed by atoms with Crippen LogP contribution in [0.2, 0.25) is 0 Å². The van der Waals surface area contributed by atoms with Gasteiger partial charge in [-0.15, -0.1) is 0 Å². The lowest BCUT2D eigenvalue weighted by atomic mass is 9.96. The third-order valence-electron chi connectivity index (χ3n) is 2.67. The largest absolute Gasteiger partial charge is 0.504 e. The molecule has 0 bridgehead atoms. The molecule has 0 saturated heterocycles. The summed E-state index contributed by atoms with van der Waals surface area (Å²) in [5, 5.41) is 18.8. The number of phenols is 1. The first-order valence-corrected chi connectivity index (χ1v) is 4.68. The zero-order valence-corrected chi connectivity index (χ0v) is 9.62. The predicted octanol–water partition coefficient (Wildman–Crippen LogP) is 1.96. The van der Waals surface area contributed by atoms with Crippen LogP contribution in [-0.2, 0) is 4.89 Å². The summed E-state index contributed by atoms with van der Waals surface area (Å²) in [5.74, 6) is -1.56. The first-order chi connectivity index (χ1) is 7.41. The van der Waals surface area contributed by atoms with Crippen molar-refractivity contribution in [3.05, 3.63) is 22.3 Å². The molecular weight excluding hydrogens is 212 g/mol. The van der Waals surface area contributed by atoms with Gasteiger partial charge in [-0.3, -0.25) is 0 Å². The van der Waals surface area contributed by atoms with Crippen molar-refractivity contribution >= 4 is 5.97 Å². The highest BCUT2D eigenvalue weighted by atomic mass is 17.2. The molecule has 0 atom stereocenters. The smallest absolute Gasteiger partial charge is 0.339 e. The van der Waals surface area contributed by atoms with E-state index in [2.05, 4.69) is 4.89 Å². The molecule has 1 aromatic carbocycles. The molecule has 0 aromatic heterocycles. The van der Waals surface area contributed by atoms with Crippen LogP contribution < -0.4 is 4.89 Å². The molecule has 1 rings (SSSR count). The summed E-state index contributed by atoms with van der Waals surface area (Å²) in [5.41, 5.74) is 1.77. The first kappa shape index (κ1) is 12.3. The number of aromatic carboxylic acids is 1. The maximum absolute atomic E-state index is 11.0. The number of carboxylic acids is 1. The maximum Gasteiger partial charge on any atom is 0.339 e. The fourth-order valence-electron chi connectivity index (χ4n) is 1.55. The average Bonchev–Trinajstić information content (AvgIpc) is 2.21.